The summed E-state index contributed by atoms with van der Waals surface area (Å²) in [6.07, 6.45) is 2.41. The third-order valence-electron chi connectivity index (χ3n) is 3.93. The summed E-state index contributed by atoms with van der Waals surface area (Å²) in [5.74, 6) is -0.228. The second-order valence-electron chi connectivity index (χ2n) is 5.18. The Morgan fingerprint density at radius 1 is 1.60 bits per heavy atom. The molecule has 8 heteroatoms. The van der Waals surface area contributed by atoms with E-state index >= 15 is 0 Å². The number of hydrogen-bond donors (Lipinski definition) is 2. The zero-order chi connectivity index (χ0) is 14.8. The summed E-state index contributed by atoms with van der Waals surface area (Å²) in [7, 11) is 1.66. The van der Waals surface area contributed by atoms with Crippen molar-refractivity contribution in [1.29, 1.82) is 0 Å². The Morgan fingerprint density at radius 3 is 2.85 bits per heavy atom. The average Bonchev–Trinajstić information content (AvgIpc) is 3.07. The summed E-state index contributed by atoms with van der Waals surface area (Å²) in [4.78, 5) is 30.7. The number of H-pyrrole nitrogens is 1. The molecule has 1 atom stereocenters. The summed E-state index contributed by atoms with van der Waals surface area (Å²) in [6, 6.07) is -0.182. The van der Waals surface area contributed by atoms with Crippen molar-refractivity contribution in [3.05, 3.63) is 12.2 Å². The molecule has 0 bridgehead atoms. The molecule has 1 aliphatic rings. The van der Waals surface area contributed by atoms with Gasteiger partial charge in [0.05, 0.1) is 12.0 Å². The second-order valence-corrected chi connectivity index (χ2v) is 5.18. The smallest absolute Gasteiger partial charge is 0.320 e. The van der Waals surface area contributed by atoms with Gasteiger partial charge in [-0.2, -0.15) is 5.10 Å². The van der Waals surface area contributed by atoms with Gasteiger partial charge in [-0.15, -0.1) is 0 Å². The monoisotopic (exact) mass is 281 g/mol. The summed E-state index contributed by atoms with van der Waals surface area (Å²) in [6.45, 7) is 2.90. The molecule has 2 rings (SSSR count). The van der Waals surface area contributed by atoms with E-state index in [1.165, 1.54) is 11.2 Å². The van der Waals surface area contributed by atoms with Crippen molar-refractivity contribution in [3.63, 3.8) is 0 Å². The van der Waals surface area contributed by atoms with Gasteiger partial charge < -0.3 is 14.9 Å². The molecule has 2 amide bonds. The molecule has 0 radical (unpaired) electrons. The second kappa shape index (κ2) is 5.48. The molecule has 1 fully saturated rings. The molecule has 2 heterocycles. The Kier molecular flexibility index (Phi) is 3.91. The molecule has 1 aromatic heterocycles. The summed E-state index contributed by atoms with van der Waals surface area (Å²) >= 11 is 0. The van der Waals surface area contributed by atoms with Gasteiger partial charge in [0.1, 0.15) is 12.2 Å². The van der Waals surface area contributed by atoms with Crippen LogP contribution in [0.1, 0.15) is 25.6 Å². The minimum atomic E-state index is -0.826. The Morgan fingerprint density at radius 2 is 2.35 bits per heavy atom. The van der Waals surface area contributed by atoms with Crippen LogP contribution in [-0.4, -0.2) is 62.2 Å². The SMILES string of the molecule is CCC1(C(=O)O)CCN(C(=O)N(C)Cc2ncn[nH]2)C1. The maximum absolute atomic E-state index is 12.3. The van der Waals surface area contributed by atoms with E-state index < -0.39 is 11.4 Å². The van der Waals surface area contributed by atoms with Gasteiger partial charge in [0.2, 0.25) is 0 Å². The Balaban J connectivity index is 1.98. The van der Waals surface area contributed by atoms with E-state index in [9.17, 15) is 14.7 Å². The highest BCUT2D eigenvalue weighted by molar-refractivity contribution is 5.79. The van der Waals surface area contributed by atoms with Crippen LogP contribution in [0.15, 0.2) is 6.33 Å². The molecule has 1 aromatic rings. The molecule has 1 aliphatic heterocycles. The van der Waals surface area contributed by atoms with Crippen molar-refractivity contribution >= 4 is 12.0 Å². The predicted molar refractivity (Wildman–Crippen MR) is 69.8 cm³/mol. The number of rotatable bonds is 4. The molecule has 110 valence electrons. The first-order valence-corrected chi connectivity index (χ1v) is 6.56. The Hall–Kier alpha value is -2.12. The minimum absolute atomic E-state index is 0.182. The zero-order valence-corrected chi connectivity index (χ0v) is 11.7. The molecule has 2 N–H and O–H groups in total. The van der Waals surface area contributed by atoms with Crippen molar-refractivity contribution in [2.45, 2.75) is 26.3 Å². The number of aliphatic carboxylic acids is 1. The molecular weight excluding hydrogens is 262 g/mol. The van der Waals surface area contributed by atoms with Crippen LogP contribution in [0.4, 0.5) is 4.79 Å². The highest BCUT2D eigenvalue weighted by atomic mass is 16.4. The quantitative estimate of drug-likeness (QED) is 0.838. The lowest BCUT2D eigenvalue weighted by Gasteiger charge is -2.26. The lowest BCUT2D eigenvalue weighted by Crippen LogP contribution is -2.42. The van der Waals surface area contributed by atoms with E-state index in [0.29, 0.717) is 31.8 Å². The van der Waals surface area contributed by atoms with Crippen LogP contribution < -0.4 is 0 Å². The molecular formula is C12H19N5O3. The fourth-order valence-corrected chi connectivity index (χ4v) is 2.49. The minimum Gasteiger partial charge on any atom is -0.481 e. The number of carboxylic acids is 1. The van der Waals surface area contributed by atoms with Crippen LogP contribution in [0.2, 0.25) is 0 Å². The van der Waals surface area contributed by atoms with E-state index in [0.717, 1.165) is 0 Å². The molecule has 20 heavy (non-hydrogen) atoms. The van der Waals surface area contributed by atoms with Crippen LogP contribution in [-0.2, 0) is 11.3 Å². The standard InChI is InChI=1S/C12H19N5O3/c1-3-12(10(18)19)4-5-17(7-12)11(20)16(2)6-9-13-8-14-15-9/h8H,3-7H2,1-2H3,(H,18,19)(H,13,14,15). The normalized spacial score (nSPS) is 22.0. The lowest BCUT2D eigenvalue weighted by molar-refractivity contribution is -0.148. The molecule has 1 saturated heterocycles. The van der Waals surface area contributed by atoms with E-state index in [2.05, 4.69) is 15.2 Å². The number of aromatic amines is 1. The maximum atomic E-state index is 12.3. The lowest BCUT2D eigenvalue weighted by atomic mass is 9.84. The first kappa shape index (κ1) is 14.3. The van der Waals surface area contributed by atoms with Crippen molar-refractivity contribution in [1.82, 2.24) is 25.0 Å². The van der Waals surface area contributed by atoms with Gasteiger partial charge in [-0.05, 0) is 12.8 Å². The number of nitrogens with one attached hydrogen (secondary N) is 1. The van der Waals surface area contributed by atoms with Crippen molar-refractivity contribution in [2.24, 2.45) is 5.41 Å². The topological polar surface area (TPSA) is 102 Å². The maximum Gasteiger partial charge on any atom is 0.320 e. The van der Waals surface area contributed by atoms with Gasteiger partial charge in [0.25, 0.3) is 0 Å². The number of carbonyl (C=O) groups excluding carboxylic acids is 1. The van der Waals surface area contributed by atoms with Crippen molar-refractivity contribution < 1.29 is 14.7 Å². The summed E-state index contributed by atoms with van der Waals surface area (Å²) in [5.41, 5.74) is -0.803. The molecule has 0 spiro atoms. The number of nitrogens with zero attached hydrogens (tertiary/aromatic N) is 4. The first-order valence-electron chi connectivity index (χ1n) is 6.56. The van der Waals surface area contributed by atoms with E-state index in [1.54, 1.807) is 11.9 Å². The number of likely N-dealkylation sites (tertiary alicyclic amines) is 1. The van der Waals surface area contributed by atoms with E-state index in [-0.39, 0.29) is 12.6 Å². The number of hydrogen-bond acceptors (Lipinski definition) is 4. The summed E-state index contributed by atoms with van der Waals surface area (Å²) in [5, 5.41) is 15.8. The number of urea groups is 1. The molecule has 0 aromatic carbocycles. The Bertz CT molecular complexity index is 489. The predicted octanol–water partition coefficient (Wildman–Crippen LogP) is 0.543. The van der Waals surface area contributed by atoms with Gasteiger partial charge >= 0.3 is 12.0 Å². The van der Waals surface area contributed by atoms with Crippen LogP contribution in [0.25, 0.3) is 0 Å². The number of aromatic nitrogens is 3. The number of amides is 2. The van der Waals surface area contributed by atoms with Crippen LogP contribution in [0.3, 0.4) is 0 Å². The van der Waals surface area contributed by atoms with Gasteiger partial charge in [0, 0.05) is 20.1 Å². The third-order valence-corrected chi connectivity index (χ3v) is 3.93. The number of carboxylic acid groups (broad SMARTS) is 1. The van der Waals surface area contributed by atoms with Crippen LogP contribution >= 0.6 is 0 Å². The van der Waals surface area contributed by atoms with E-state index in [4.69, 9.17) is 0 Å². The fourth-order valence-electron chi connectivity index (χ4n) is 2.49. The van der Waals surface area contributed by atoms with E-state index in [1.807, 2.05) is 6.92 Å². The first-order chi connectivity index (χ1) is 9.48. The van der Waals surface area contributed by atoms with Gasteiger partial charge in [-0.3, -0.25) is 9.89 Å². The van der Waals surface area contributed by atoms with Gasteiger partial charge in [-0.1, -0.05) is 6.92 Å². The number of carbonyl (C=O) groups is 2. The molecule has 0 saturated carbocycles. The third kappa shape index (κ3) is 2.59. The van der Waals surface area contributed by atoms with Crippen molar-refractivity contribution in [3.8, 4) is 0 Å². The highest BCUT2D eigenvalue weighted by Gasteiger charge is 2.45. The average molecular weight is 281 g/mol. The largest absolute Gasteiger partial charge is 0.481 e. The molecule has 8 nitrogen and oxygen atoms in total. The van der Waals surface area contributed by atoms with Crippen molar-refractivity contribution in [2.75, 3.05) is 20.1 Å². The van der Waals surface area contributed by atoms with Crippen LogP contribution in [0.5, 0.6) is 0 Å². The van der Waals surface area contributed by atoms with Crippen LogP contribution in [0, 0.1) is 5.41 Å². The summed E-state index contributed by atoms with van der Waals surface area (Å²) < 4.78 is 0. The zero-order valence-electron chi connectivity index (χ0n) is 11.7. The van der Waals surface area contributed by atoms with Gasteiger partial charge in [-0.25, -0.2) is 9.78 Å². The Labute approximate surface area is 116 Å². The van der Waals surface area contributed by atoms with Gasteiger partial charge in [0.15, 0.2) is 0 Å². The molecule has 0 aliphatic carbocycles. The highest BCUT2D eigenvalue weighted by Crippen LogP contribution is 2.34. The fraction of sp³-hybridized carbons (Fsp3) is 0.667. The molecule has 1 unspecified atom stereocenters.